The Morgan fingerprint density at radius 2 is 2.08 bits per heavy atom. The molecule has 1 aromatic rings. The minimum absolute atomic E-state index is 0.289. The van der Waals surface area contributed by atoms with Gasteiger partial charge in [0, 0.05) is 10.5 Å². The summed E-state index contributed by atoms with van der Waals surface area (Å²) >= 11 is 3.51. The summed E-state index contributed by atoms with van der Waals surface area (Å²) in [6, 6.07) is 8.57. The van der Waals surface area contributed by atoms with E-state index in [4.69, 9.17) is 5.73 Å². The zero-order chi connectivity index (χ0) is 8.97. The number of nitrogens with two attached hydrogens (primary N) is 1. The molecular formula is C10H14BrN. The maximum Gasteiger partial charge on any atom is 0.0207 e. The van der Waals surface area contributed by atoms with Crippen molar-refractivity contribution in [2.75, 3.05) is 0 Å². The summed E-state index contributed by atoms with van der Waals surface area (Å²) in [4.78, 5) is 0. The Morgan fingerprint density at radius 1 is 1.42 bits per heavy atom. The Hall–Kier alpha value is -0.340. The molecule has 66 valence electrons. The quantitative estimate of drug-likeness (QED) is 0.845. The summed E-state index contributed by atoms with van der Waals surface area (Å²) in [5, 5.41) is 0. The van der Waals surface area contributed by atoms with Crippen LogP contribution in [0.1, 0.15) is 18.9 Å². The van der Waals surface area contributed by atoms with Crippen LogP contribution in [0, 0.1) is 0 Å². The van der Waals surface area contributed by atoms with E-state index in [2.05, 4.69) is 34.1 Å². The SMILES string of the molecule is C[C@H](N)CCc1ccccc1Br. The predicted molar refractivity (Wildman–Crippen MR) is 56.1 cm³/mol. The van der Waals surface area contributed by atoms with Gasteiger partial charge in [0.2, 0.25) is 0 Å². The molecule has 0 unspecified atom stereocenters. The van der Waals surface area contributed by atoms with Crippen LogP contribution in [-0.4, -0.2) is 6.04 Å². The van der Waals surface area contributed by atoms with Crippen LogP contribution in [0.5, 0.6) is 0 Å². The van der Waals surface area contributed by atoms with Crippen molar-refractivity contribution in [3.05, 3.63) is 34.3 Å². The van der Waals surface area contributed by atoms with Crippen LogP contribution in [0.3, 0.4) is 0 Å². The molecular weight excluding hydrogens is 214 g/mol. The van der Waals surface area contributed by atoms with Gasteiger partial charge in [-0.25, -0.2) is 0 Å². The molecule has 0 aromatic heterocycles. The third-order valence-electron chi connectivity index (χ3n) is 1.83. The molecule has 0 radical (unpaired) electrons. The third-order valence-corrected chi connectivity index (χ3v) is 2.60. The van der Waals surface area contributed by atoms with Crippen LogP contribution >= 0.6 is 15.9 Å². The second kappa shape index (κ2) is 4.63. The summed E-state index contributed by atoms with van der Waals surface area (Å²) in [5.74, 6) is 0. The molecule has 1 aromatic carbocycles. The predicted octanol–water partition coefficient (Wildman–Crippen LogP) is 2.73. The van der Waals surface area contributed by atoms with Gasteiger partial charge in [-0.15, -0.1) is 0 Å². The molecule has 1 rings (SSSR count). The van der Waals surface area contributed by atoms with Gasteiger partial charge in [-0.3, -0.25) is 0 Å². The van der Waals surface area contributed by atoms with E-state index in [1.165, 1.54) is 10.0 Å². The van der Waals surface area contributed by atoms with Crippen molar-refractivity contribution >= 4 is 15.9 Å². The molecule has 0 aliphatic rings. The van der Waals surface area contributed by atoms with Crippen molar-refractivity contribution in [1.29, 1.82) is 0 Å². The molecule has 0 spiro atoms. The highest BCUT2D eigenvalue weighted by molar-refractivity contribution is 9.10. The summed E-state index contributed by atoms with van der Waals surface area (Å²) in [7, 11) is 0. The van der Waals surface area contributed by atoms with Crippen LogP contribution in [0.2, 0.25) is 0 Å². The molecule has 0 aliphatic heterocycles. The lowest BCUT2D eigenvalue weighted by Crippen LogP contribution is -2.15. The van der Waals surface area contributed by atoms with E-state index in [0.717, 1.165) is 12.8 Å². The highest BCUT2D eigenvalue weighted by Crippen LogP contribution is 2.17. The van der Waals surface area contributed by atoms with Gasteiger partial charge in [-0.05, 0) is 31.4 Å². The van der Waals surface area contributed by atoms with E-state index in [9.17, 15) is 0 Å². The molecule has 1 atom stereocenters. The van der Waals surface area contributed by atoms with Gasteiger partial charge in [0.25, 0.3) is 0 Å². The van der Waals surface area contributed by atoms with Crippen molar-refractivity contribution in [2.24, 2.45) is 5.73 Å². The summed E-state index contributed by atoms with van der Waals surface area (Å²) in [5.41, 5.74) is 7.02. The molecule has 0 heterocycles. The largest absolute Gasteiger partial charge is 0.328 e. The Morgan fingerprint density at radius 3 is 2.67 bits per heavy atom. The first kappa shape index (κ1) is 9.75. The average molecular weight is 228 g/mol. The maximum atomic E-state index is 5.68. The topological polar surface area (TPSA) is 26.0 Å². The van der Waals surface area contributed by atoms with Gasteiger partial charge < -0.3 is 5.73 Å². The van der Waals surface area contributed by atoms with E-state index in [-0.39, 0.29) is 6.04 Å². The summed E-state index contributed by atoms with van der Waals surface area (Å²) in [6.45, 7) is 2.04. The number of rotatable bonds is 3. The molecule has 0 fully saturated rings. The zero-order valence-electron chi connectivity index (χ0n) is 7.26. The van der Waals surface area contributed by atoms with E-state index >= 15 is 0 Å². The van der Waals surface area contributed by atoms with Crippen molar-refractivity contribution in [1.82, 2.24) is 0 Å². The lowest BCUT2D eigenvalue weighted by atomic mass is 10.1. The Labute approximate surface area is 82.1 Å². The lowest BCUT2D eigenvalue weighted by Gasteiger charge is -2.06. The fourth-order valence-electron chi connectivity index (χ4n) is 1.08. The first-order chi connectivity index (χ1) is 5.70. The molecule has 2 heteroatoms. The van der Waals surface area contributed by atoms with Crippen LogP contribution in [0.4, 0.5) is 0 Å². The van der Waals surface area contributed by atoms with E-state index in [0.29, 0.717) is 0 Å². The Bertz CT molecular complexity index is 245. The first-order valence-corrected chi connectivity index (χ1v) is 4.98. The standard InChI is InChI=1S/C10H14BrN/c1-8(12)6-7-9-4-2-3-5-10(9)11/h2-5,8H,6-7,12H2,1H3/t8-/m0/s1. The van der Waals surface area contributed by atoms with E-state index < -0.39 is 0 Å². The molecule has 12 heavy (non-hydrogen) atoms. The van der Waals surface area contributed by atoms with E-state index in [1.54, 1.807) is 0 Å². The van der Waals surface area contributed by atoms with Crippen LogP contribution in [-0.2, 0) is 6.42 Å². The zero-order valence-corrected chi connectivity index (χ0v) is 8.84. The highest BCUT2D eigenvalue weighted by atomic mass is 79.9. The lowest BCUT2D eigenvalue weighted by molar-refractivity contribution is 0.665. The second-order valence-electron chi connectivity index (χ2n) is 3.11. The van der Waals surface area contributed by atoms with Gasteiger partial charge in [0.05, 0.1) is 0 Å². The van der Waals surface area contributed by atoms with Crippen LogP contribution < -0.4 is 5.73 Å². The highest BCUT2D eigenvalue weighted by Gasteiger charge is 1.99. The molecule has 0 saturated heterocycles. The van der Waals surface area contributed by atoms with E-state index in [1.807, 2.05) is 13.0 Å². The van der Waals surface area contributed by atoms with Crippen LogP contribution in [0.25, 0.3) is 0 Å². The van der Waals surface area contributed by atoms with Gasteiger partial charge in [-0.1, -0.05) is 34.1 Å². The molecule has 0 aliphatic carbocycles. The fraction of sp³-hybridized carbons (Fsp3) is 0.400. The van der Waals surface area contributed by atoms with Gasteiger partial charge >= 0.3 is 0 Å². The number of hydrogen-bond donors (Lipinski definition) is 1. The van der Waals surface area contributed by atoms with Crippen molar-refractivity contribution in [2.45, 2.75) is 25.8 Å². The maximum absolute atomic E-state index is 5.68. The number of hydrogen-bond acceptors (Lipinski definition) is 1. The molecule has 0 bridgehead atoms. The van der Waals surface area contributed by atoms with Crippen molar-refractivity contribution < 1.29 is 0 Å². The number of benzene rings is 1. The number of aryl methyl sites for hydroxylation is 1. The summed E-state index contributed by atoms with van der Waals surface area (Å²) in [6.07, 6.45) is 2.10. The average Bonchev–Trinajstić information content (AvgIpc) is 2.03. The normalized spacial score (nSPS) is 12.9. The monoisotopic (exact) mass is 227 g/mol. The van der Waals surface area contributed by atoms with Crippen molar-refractivity contribution in [3.63, 3.8) is 0 Å². The Kier molecular flexibility index (Phi) is 3.76. The number of halogens is 1. The minimum Gasteiger partial charge on any atom is -0.328 e. The van der Waals surface area contributed by atoms with Gasteiger partial charge in [0.15, 0.2) is 0 Å². The second-order valence-corrected chi connectivity index (χ2v) is 3.96. The van der Waals surface area contributed by atoms with Crippen molar-refractivity contribution in [3.8, 4) is 0 Å². The van der Waals surface area contributed by atoms with Gasteiger partial charge in [-0.2, -0.15) is 0 Å². The first-order valence-electron chi connectivity index (χ1n) is 4.19. The van der Waals surface area contributed by atoms with Gasteiger partial charge in [0.1, 0.15) is 0 Å². The minimum atomic E-state index is 0.289. The smallest absolute Gasteiger partial charge is 0.0207 e. The molecule has 0 amide bonds. The molecule has 1 nitrogen and oxygen atoms in total. The Balaban J connectivity index is 2.57. The van der Waals surface area contributed by atoms with Crippen LogP contribution in [0.15, 0.2) is 28.7 Å². The molecule has 2 N–H and O–H groups in total. The third kappa shape index (κ3) is 2.95. The summed E-state index contributed by atoms with van der Waals surface area (Å²) < 4.78 is 1.19. The molecule has 0 saturated carbocycles. The fourth-order valence-corrected chi connectivity index (χ4v) is 1.57.